The molecule has 1 unspecified atom stereocenters. The summed E-state index contributed by atoms with van der Waals surface area (Å²) in [5, 5.41) is 7.03. The Morgan fingerprint density at radius 3 is 2.68 bits per heavy atom. The second-order valence-corrected chi connectivity index (χ2v) is 7.23. The van der Waals surface area contributed by atoms with Gasteiger partial charge in [-0.2, -0.15) is 10.1 Å². The first-order chi connectivity index (χ1) is 11.9. The number of likely N-dealkylation sites (tertiary alicyclic amines) is 1. The van der Waals surface area contributed by atoms with Crippen molar-refractivity contribution in [2.75, 3.05) is 13.1 Å². The number of hydrogen-bond acceptors (Lipinski definition) is 4. The second-order valence-electron chi connectivity index (χ2n) is 7.23. The predicted molar refractivity (Wildman–Crippen MR) is 94.8 cm³/mol. The highest BCUT2D eigenvalue weighted by Crippen LogP contribution is 2.26. The third-order valence-electron chi connectivity index (χ3n) is 4.72. The molecule has 0 aliphatic carbocycles. The fourth-order valence-electron chi connectivity index (χ4n) is 3.15. The van der Waals surface area contributed by atoms with Gasteiger partial charge in [-0.05, 0) is 38.3 Å². The molecular weight excluding hydrogens is 318 g/mol. The van der Waals surface area contributed by atoms with Crippen LogP contribution in [0.25, 0.3) is 0 Å². The molecule has 1 aliphatic heterocycles. The summed E-state index contributed by atoms with van der Waals surface area (Å²) < 4.78 is 1.61. The fourth-order valence-corrected chi connectivity index (χ4v) is 3.15. The third kappa shape index (κ3) is 3.50. The van der Waals surface area contributed by atoms with Crippen LogP contribution >= 0.6 is 0 Å². The van der Waals surface area contributed by atoms with E-state index in [1.54, 1.807) is 15.7 Å². The van der Waals surface area contributed by atoms with Gasteiger partial charge in [0.2, 0.25) is 0 Å². The summed E-state index contributed by atoms with van der Waals surface area (Å²) in [6.45, 7) is 9.23. The van der Waals surface area contributed by atoms with E-state index >= 15 is 0 Å². The SMILES string of the molecule is CC(C)c1cc(C(=O)N2CCC(c3ccn(C(C)C)c(=O)n3)C2)[nH]n1. The number of hydrogen-bond donors (Lipinski definition) is 1. The molecule has 1 saturated heterocycles. The molecule has 7 heteroatoms. The van der Waals surface area contributed by atoms with Crippen molar-refractivity contribution in [2.45, 2.75) is 52.0 Å². The lowest BCUT2D eigenvalue weighted by atomic mass is 10.1. The molecule has 1 fully saturated rings. The number of carbonyl (C=O) groups excluding carboxylic acids is 1. The Balaban J connectivity index is 1.71. The number of aromatic amines is 1. The van der Waals surface area contributed by atoms with Crippen LogP contribution in [0.4, 0.5) is 0 Å². The van der Waals surface area contributed by atoms with Crippen LogP contribution in [-0.2, 0) is 0 Å². The molecule has 3 rings (SSSR count). The summed E-state index contributed by atoms with van der Waals surface area (Å²) in [7, 11) is 0. The molecule has 1 aliphatic rings. The van der Waals surface area contributed by atoms with E-state index in [-0.39, 0.29) is 29.5 Å². The van der Waals surface area contributed by atoms with Gasteiger partial charge in [-0.15, -0.1) is 0 Å². The Kier molecular flexibility index (Phi) is 4.74. The Morgan fingerprint density at radius 1 is 1.32 bits per heavy atom. The fraction of sp³-hybridized carbons (Fsp3) is 0.556. The monoisotopic (exact) mass is 343 g/mol. The normalized spacial score (nSPS) is 17.7. The molecule has 2 aromatic rings. The topological polar surface area (TPSA) is 83.9 Å². The number of H-pyrrole nitrogens is 1. The molecule has 7 nitrogen and oxygen atoms in total. The van der Waals surface area contributed by atoms with Crippen LogP contribution in [-0.4, -0.2) is 43.6 Å². The van der Waals surface area contributed by atoms with Crippen molar-refractivity contribution >= 4 is 5.91 Å². The lowest BCUT2D eigenvalue weighted by Crippen LogP contribution is -2.29. The van der Waals surface area contributed by atoms with E-state index in [0.717, 1.165) is 17.8 Å². The van der Waals surface area contributed by atoms with Crippen LogP contribution in [0.15, 0.2) is 23.1 Å². The molecule has 0 spiro atoms. The van der Waals surface area contributed by atoms with E-state index in [2.05, 4.69) is 15.2 Å². The highest BCUT2D eigenvalue weighted by Gasteiger charge is 2.30. The van der Waals surface area contributed by atoms with Gasteiger partial charge in [0.05, 0.1) is 11.4 Å². The van der Waals surface area contributed by atoms with Crippen LogP contribution in [0, 0.1) is 0 Å². The van der Waals surface area contributed by atoms with Gasteiger partial charge in [0, 0.05) is 31.2 Å². The van der Waals surface area contributed by atoms with E-state index < -0.39 is 0 Å². The zero-order valence-corrected chi connectivity index (χ0v) is 15.2. The van der Waals surface area contributed by atoms with Gasteiger partial charge in [-0.1, -0.05) is 13.8 Å². The molecular formula is C18H25N5O2. The molecule has 134 valence electrons. The summed E-state index contributed by atoms with van der Waals surface area (Å²) in [4.78, 5) is 30.8. The average molecular weight is 343 g/mol. The number of carbonyl (C=O) groups is 1. The van der Waals surface area contributed by atoms with E-state index in [9.17, 15) is 9.59 Å². The highest BCUT2D eigenvalue weighted by atomic mass is 16.2. The number of aromatic nitrogens is 4. The van der Waals surface area contributed by atoms with Gasteiger partial charge in [0.25, 0.3) is 5.91 Å². The maximum absolute atomic E-state index is 12.6. The van der Waals surface area contributed by atoms with Gasteiger partial charge in [-0.25, -0.2) is 4.79 Å². The molecule has 2 aromatic heterocycles. The minimum Gasteiger partial charge on any atom is -0.337 e. The smallest absolute Gasteiger partial charge is 0.337 e. The van der Waals surface area contributed by atoms with Gasteiger partial charge < -0.3 is 4.90 Å². The zero-order valence-electron chi connectivity index (χ0n) is 15.2. The average Bonchev–Trinajstić information content (AvgIpc) is 3.23. The van der Waals surface area contributed by atoms with E-state index in [4.69, 9.17) is 0 Å². The highest BCUT2D eigenvalue weighted by molar-refractivity contribution is 5.92. The van der Waals surface area contributed by atoms with Crippen LogP contribution in [0.2, 0.25) is 0 Å². The van der Waals surface area contributed by atoms with Gasteiger partial charge in [0.1, 0.15) is 5.69 Å². The standard InChI is InChI=1S/C18H25N5O2/c1-11(2)15-9-16(21-20-15)17(24)22-7-5-13(10-22)14-6-8-23(12(3)4)18(25)19-14/h6,8-9,11-13H,5,7,10H2,1-4H3,(H,20,21). The Morgan fingerprint density at radius 2 is 2.08 bits per heavy atom. The van der Waals surface area contributed by atoms with E-state index in [0.29, 0.717) is 18.8 Å². The molecule has 1 N–H and O–H groups in total. The van der Waals surface area contributed by atoms with E-state index in [1.165, 1.54) is 0 Å². The van der Waals surface area contributed by atoms with Crippen molar-refractivity contribution in [1.82, 2.24) is 24.6 Å². The van der Waals surface area contributed by atoms with Crippen molar-refractivity contribution in [3.63, 3.8) is 0 Å². The molecule has 1 atom stereocenters. The minimum absolute atomic E-state index is 0.0441. The van der Waals surface area contributed by atoms with Crippen molar-refractivity contribution < 1.29 is 4.79 Å². The first kappa shape index (κ1) is 17.4. The molecule has 0 bridgehead atoms. The summed E-state index contributed by atoms with van der Waals surface area (Å²) in [6, 6.07) is 3.81. The predicted octanol–water partition coefficient (Wildman–Crippen LogP) is 2.30. The van der Waals surface area contributed by atoms with Crippen molar-refractivity contribution in [2.24, 2.45) is 0 Å². The first-order valence-electron chi connectivity index (χ1n) is 8.80. The van der Waals surface area contributed by atoms with Crippen molar-refractivity contribution in [3.8, 4) is 0 Å². The number of amides is 1. The number of nitrogens with one attached hydrogen (secondary N) is 1. The number of rotatable bonds is 4. The van der Waals surface area contributed by atoms with E-state index in [1.807, 2.05) is 39.8 Å². The molecule has 0 saturated carbocycles. The molecule has 25 heavy (non-hydrogen) atoms. The number of nitrogens with zero attached hydrogens (tertiary/aromatic N) is 4. The Bertz CT molecular complexity index is 821. The summed E-state index contributed by atoms with van der Waals surface area (Å²) >= 11 is 0. The summed E-state index contributed by atoms with van der Waals surface area (Å²) in [5.74, 6) is 0.337. The zero-order chi connectivity index (χ0) is 18.1. The maximum atomic E-state index is 12.6. The van der Waals surface area contributed by atoms with Crippen molar-refractivity contribution in [1.29, 1.82) is 0 Å². The quantitative estimate of drug-likeness (QED) is 0.923. The molecule has 0 radical (unpaired) electrons. The summed E-state index contributed by atoms with van der Waals surface area (Å²) in [6.07, 6.45) is 2.61. The Hall–Kier alpha value is -2.44. The third-order valence-corrected chi connectivity index (χ3v) is 4.72. The maximum Gasteiger partial charge on any atom is 0.348 e. The minimum atomic E-state index is -0.229. The van der Waals surface area contributed by atoms with Gasteiger partial charge in [0.15, 0.2) is 0 Å². The lowest BCUT2D eigenvalue weighted by molar-refractivity contribution is 0.0785. The summed E-state index contributed by atoms with van der Waals surface area (Å²) in [5.41, 5.74) is 1.95. The van der Waals surface area contributed by atoms with Crippen LogP contribution in [0.3, 0.4) is 0 Å². The molecule has 3 heterocycles. The lowest BCUT2D eigenvalue weighted by Gasteiger charge is -2.16. The van der Waals surface area contributed by atoms with Crippen LogP contribution < -0.4 is 5.69 Å². The van der Waals surface area contributed by atoms with Crippen LogP contribution in [0.1, 0.15) is 73.9 Å². The molecule has 1 amide bonds. The van der Waals surface area contributed by atoms with Crippen molar-refractivity contribution in [3.05, 3.63) is 45.9 Å². The second kappa shape index (κ2) is 6.82. The molecule has 0 aromatic carbocycles. The Labute approximate surface area is 147 Å². The van der Waals surface area contributed by atoms with Gasteiger partial charge >= 0.3 is 5.69 Å². The van der Waals surface area contributed by atoms with Crippen LogP contribution in [0.5, 0.6) is 0 Å². The first-order valence-corrected chi connectivity index (χ1v) is 8.80. The largest absolute Gasteiger partial charge is 0.348 e. The van der Waals surface area contributed by atoms with Gasteiger partial charge in [-0.3, -0.25) is 14.5 Å².